The first-order valence-corrected chi connectivity index (χ1v) is 12.2. The van der Waals surface area contributed by atoms with E-state index in [4.69, 9.17) is 14.0 Å². The van der Waals surface area contributed by atoms with Crippen molar-refractivity contribution in [2.45, 2.75) is 18.3 Å². The van der Waals surface area contributed by atoms with E-state index >= 15 is 0 Å². The third-order valence-electron chi connectivity index (χ3n) is 5.51. The number of nitrogens with one attached hydrogen (secondary N) is 1. The second kappa shape index (κ2) is 7.91. The molecule has 0 saturated heterocycles. The number of benzene rings is 2. The molecule has 0 radical (unpaired) electrons. The normalized spacial score (nSPS) is 19.9. The number of fused-ring (bicyclic) bond motifs is 3. The average Bonchev–Trinajstić information content (AvgIpc) is 3.11. The lowest BCUT2D eigenvalue weighted by Crippen LogP contribution is -2.45. The molecule has 32 heavy (non-hydrogen) atoms. The standard InChI is InChI=1S/C23H19BrN2O5S/c1-15-21(24)22(31-25-15)26-32(27,28)23-12-10-16(11-13-23)18-8-5-9-19(29-14-30-23)20(18)17-6-3-2-4-7-17/h2-12,26H,13-14H2,1H3. The quantitative estimate of drug-likeness (QED) is 0.510. The number of hydrogen-bond donors (Lipinski definition) is 1. The highest BCUT2D eigenvalue weighted by Gasteiger charge is 2.45. The van der Waals surface area contributed by atoms with E-state index in [0.717, 1.165) is 22.3 Å². The Labute approximate surface area is 193 Å². The van der Waals surface area contributed by atoms with Crippen molar-refractivity contribution in [3.05, 3.63) is 82.5 Å². The predicted octanol–water partition coefficient (Wildman–Crippen LogP) is 5.26. The molecule has 1 N–H and O–H groups in total. The van der Waals surface area contributed by atoms with Gasteiger partial charge in [0.2, 0.25) is 4.93 Å². The summed E-state index contributed by atoms with van der Waals surface area (Å²) in [5.41, 5.74) is 4.32. The van der Waals surface area contributed by atoms with E-state index < -0.39 is 15.0 Å². The summed E-state index contributed by atoms with van der Waals surface area (Å²) in [5.74, 6) is 0.614. The summed E-state index contributed by atoms with van der Waals surface area (Å²) in [6, 6.07) is 15.7. The highest BCUT2D eigenvalue weighted by atomic mass is 79.9. The van der Waals surface area contributed by atoms with E-state index in [2.05, 4.69) is 25.8 Å². The maximum Gasteiger partial charge on any atom is 0.269 e. The SMILES string of the molecule is Cc1noc(NS(=O)(=O)C23C=CC(=CC2)c2cccc(c2-c2ccccc2)OCO3)c1Br. The molecule has 0 spiro atoms. The Balaban J connectivity index is 1.56. The molecule has 2 aromatic carbocycles. The molecular formula is C23H19BrN2O5S. The average molecular weight is 515 g/mol. The molecule has 1 atom stereocenters. The van der Waals surface area contributed by atoms with E-state index in [1.54, 1.807) is 19.1 Å². The van der Waals surface area contributed by atoms with Gasteiger partial charge >= 0.3 is 0 Å². The first kappa shape index (κ1) is 21.0. The maximum absolute atomic E-state index is 13.4. The van der Waals surface area contributed by atoms with E-state index in [1.807, 2.05) is 54.6 Å². The van der Waals surface area contributed by atoms with Crippen LogP contribution in [0.3, 0.4) is 0 Å². The van der Waals surface area contributed by atoms with Crippen LogP contribution < -0.4 is 9.46 Å². The fourth-order valence-electron chi connectivity index (χ4n) is 3.81. The number of halogens is 1. The van der Waals surface area contributed by atoms with Crippen molar-refractivity contribution in [2.24, 2.45) is 0 Å². The third kappa shape index (κ3) is 3.46. The molecule has 2 aliphatic heterocycles. The van der Waals surface area contributed by atoms with Gasteiger partial charge < -0.3 is 14.0 Å². The van der Waals surface area contributed by atoms with Gasteiger partial charge in [-0.05, 0) is 51.7 Å². The Bertz CT molecular complexity index is 1350. The molecule has 4 bridgehead atoms. The molecular weight excluding hydrogens is 496 g/mol. The lowest BCUT2D eigenvalue weighted by atomic mass is 9.90. The van der Waals surface area contributed by atoms with Crippen LogP contribution in [0.4, 0.5) is 5.88 Å². The Hall–Kier alpha value is -2.88. The van der Waals surface area contributed by atoms with E-state index in [0.29, 0.717) is 15.9 Å². The minimum Gasteiger partial charge on any atom is -0.467 e. The van der Waals surface area contributed by atoms with Crippen molar-refractivity contribution in [3.8, 4) is 16.9 Å². The molecule has 0 amide bonds. The molecule has 0 fully saturated rings. The van der Waals surface area contributed by atoms with Crippen LogP contribution in [0.5, 0.6) is 5.75 Å². The molecule has 1 aromatic heterocycles. The molecule has 0 saturated carbocycles. The van der Waals surface area contributed by atoms with Crippen LogP contribution in [-0.4, -0.2) is 25.3 Å². The second-order valence-corrected chi connectivity index (χ2v) is 10.2. The summed E-state index contributed by atoms with van der Waals surface area (Å²) in [7, 11) is -4.08. The molecule has 3 aromatic rings. The number of allylic oxidation sites excluding steroid dienone is 2. The second-order valence-electron chi connectivity index (χ2n) is 7.48. The Morgan fingerprint density at radius 1 is 1.12 bits per heavy atom. The highest BCUT2D eigenvalue weighted by Crippen LogP contribution is 2.42. The summed E-state index contributed by atoms with van der Waals surface area (Å²) >= 11 is 3.29. The summed E-state index contributed by atoms with van der Waals surface area (Å²) in [5, 5.41) is 3.78. The largest absolute Gasteiger partial charge is 0.467 e. The molecule has 164 valence electrons. The topological polar surface area (TPSA) is 90.7 Å². The van der Waals surface area contributed by atoms with Crippen molar-refractivity contribution < 1.29 is 22.4 Å². The van der Waals surface area contributed by atoms with Gasteiger partial charge in [-0.25, -0.2) is 13.1 Å². The fourth-order valence-corrected chi connectivity index (χ4v) is 5.49. The van der Waals surface area contributed by atoms with Crippen molar-refractivity contribution in [3.63, 3.8) is 0 Å². The number of hydrogen-bond acceptors (Lipinski definition) is 6. The Morgan fingerprint density at radius 3 is 2.62 bits per heavy atom. The summed E-state index contributed by atoms with van der Waals surface area (Å²) in [4.78, 5) is -1.67. The van der Waals surface area contributed by atoms with Crippen LogP contribution in [0.25, 0.3) is 16.7 Å². The van der Waals surface area contributed by atoms with Crippen molar-refractivity contribution in [2.75, 3.05) is 11.5 Å². The van der Waals surface area contributed by atoms with Gasteiger partial charge in [0.25, 0.3) is 15.9 Å². The molecule has 6 rings (SSSR count). The number of sulfonamides is 1. The van der Waals surface area contributed by atoms with Gasteiger partial charge in [-0.2, -0.15) is 0 Å². The van der Waals surface area contributed by atoms with Gasteiger partial charge in [0.05, 0.1) is 5.69 Å². The molecule has 1 unspecified atom stereocenters. The van der Waals surface area contributed by atoms with Gasteiger partial charge in [-0.1, -0.05) is 59.8 Å². The molecule has 1 aliphatic carbocycles. The van der Waals surface area contributed by atoms with Crippen LogP contribution in [-0.2, 0) is 14.8 Å². The maximum atomic E-state index is 13.4. The predicted molar refractivity (Wildman–Crippen MR) is 124 cm³/mol. The van der Waals surface area contributed by atoms with Gasteiger partial charge in [0.15, 0.2) is 6.79 Å². The van der Waals surface area contributed by atoms with Crippen LogP contribution in [0.2, 0.25) is 0 Å². The van der Waals surface area contributed by atoms with Gasteiger partial charge in [-0.3, -0.25) is 0 Å². The van der Waals surface area contributed by atoms with Gasteiger partial charge in [-0.15, -0.1) is 0 Å². The van der Waals surface area contributed by atoms with Crippen LogP contribution >= 0.6 is 15.9 Å². The zero-order valence-corrected chi connectivity index (χ0v) is 19.4. The van der Waals surface area contributed by atoms with Gasteiger partial charge in [0.1, 0.15) is 10.2 Å². The molecule has 3 aliphatic rings. The lowest BCUT2D eigenvalue weighted by Gasteiger charge is -2.33. The lowest BCUT2D eigenvalue weighted by molar-refractivity contribution is -0.0362. The van der Waals surface area contributed by atoms with Crippen LogP contribution in [0.1, 0.15) is 17.7 Å². The van der Waals surface area contributed by atoms with Crippen molar-refractivity contribution in [1.29, 1.82) is 0 Å². The smallest absolute Gasteiger partial charge is 0.269 e. The summed E-state index contributed by atoms with van der Waals surface area (Å²) < 4.78 is 46.6. The number of nitrogens with zero attached hydrogens (tertiary/aromatic N) is 1. The minimum atomic E-state index is -4.08. The number of aryl methyl sites for hydroxylation is 1. The molecule has 9 heteroatoms. The molecule has 7 nitrogen and oxygen atoms in total. The Morgan fingerprint density at radius 2 is 1.94 bits per heavy atom. The third-order valence-corrected chi connectivity index (χ3v) is 8.23. The monoisotopic (exact) mass is 514 g/mol. The first-order chi connectivity index (χ1) is 15.4. The minimum absolute atomic E-state index is 0.00162. The zero-order chi connectivity index (χ0) is 22.3. The van der Waals surface area contributed by atoms with Crippen molar-refractivity contribution in [1.82, 2.24) is 5.16 Å². The van der Waals surface area contributed by atoms with E-state index in [9.17, 15) is 8.42 Å². The number of ether oxygens (including phenoxy) is 2. The van der Waals surface area contributed by atoms with Gasteiger partial charge in [0, 0.05) is 12.0 Å². The summed E-state index contributed by atoms with van der Waals surface area (Å²) in [6.07, 6.45) is 5.30. The van der Waals surface area contributed by atoms with E-state index in [-0.39, 0.29) is 19.1 Å². The zero-order valence-electron chi connectivity index (χ0n) is 17.0. The summed E-state index contributed by atoms with van der Waals surface area (Å²) in [6.45, 7) is 1.44. The number of aromatic nitrogens is 1. The van der Waals surface area contributed by atoms with Crippen molar-refractivity contribution >= 4 is 37.4 Å². The fraction of sp³-hybridized carbons (Fsp3) is 0.174. The highest BCUT2D eigenvalue weighted by molar-refractivity contribution is 9.10. The molecule has 3 heterocycles. The number of rotatable bonds is 4. The Kier molecular flexibility index (Phi) is 5.19. The van der Waals surface area contributed by atoms with Crippen LogP contribution in [0, 0.1) is 6.92 Å². The number of anilines is 1. The first-order valence-electron chi connectivity index (χ1n) is 9.89. The van der Waals surface area contributed by atoms with Crippen LogP contribution in [0.15, 0.2) is 75.8 Å². The van der Waals surface area contributed by atoms with E-state index in [1.165, 1.54) is 0 Å².